The summed E-state index contributed by atoms with van der Waals surface area (Å²) in [5.41, 5.74) is 8.59. The second kappa shape index (κ2) is 11.2. The van der Waals surface area contributed by atoms with Crippen molar-refractivity contribution in [3.8, 4) is 11.5 Å². The van der Waals surface area contributed by atoms with E-state index in [1.807, 2.05) is 4.72 Å². The number of nitrogens with two attached hydrogens (primary N) is 1. The Hall–Kier alpha value is -4.88. The number of hydrogen-bond acceptors (Lipinski definition) is 8. The number of nitrogens with one attached hydrogen (secondary N) is 2. The molecule has 3 aromatic carbocycles. The van der Waals surface area contributed by atoms with E-state index in [4.69, 9.17) is 22.4 Å². The van der Waals surface area contributed by atoms with E-state index in [0.717, 1.165) is 11.8 Å². The van der Waals surface area contributed by atoms with E-state index in [1.54, 1.807) is 72.3 Å². The summed E-state index contributed by atoms with van der Waals surface area (Å²) in [6, 6.07) is 18.7. The van der Waals surface area contributed by atoms with Crippen LogP contribution in [-0.4, -0.2) is 46.2 Å². The summed E-state index contributed by atoms with van der Waals surface area (Å²) >= 11 is 6.30. The SMILES string of the molecule is CC1(c2ccc(CCC(=O)NS(C)(=O)=O)cc2)C(=O)Nc2nc(-c3nn(Cc4ccccc4F)c4cc(Cl)ccc34)nc(N)c21. The summed E-state index contributed by atoms with van der Waals surface area (Å²) in [6.07, 6.45) is 1.20. The van der Waals surface area contributed by atoms with Crippen LogP contribution >= 0.6 is 11.6 Å². The Morgan fingerprint density at radius 2 is 1.84 bits per heavy atom. The van der Waals surface area contributed by atoms with Crippen LogP contribution in [0.25, 0.3) is 22.4 Å². The molecule has 0 spiro atoms. The Morgan fingerprint density at radius 1 is 1.11 bits per heavy atom. The average Bonchev–Trinajstić information content (AvgIpc) is 3.46. The average molecular weight is 648 g/mol. The molecule has 1 aliphatic rings. The summed E-state index contributed by atoms with van der Waals surface area (Å²) in [5, 5.41) is 8.70. The lowest BCUT2D eigenvalue weighted by Crippen LogP contribution is -2.33. The van der Waals surface area contributed by atoms with E-state index in [-0.39, 0.29) is 42.2 Å². The number of halogens is 2. The number of carbonyl (C=O) groups is 2. The normalized spacial score (nSPS) is 16.0. The zero-order chi connectivity index (χ0) is 32.1. The monoisotopic (exact) mass is 647 g/mol. The summed E-state index contributed by atoms with van der Waals surface area (Å²) in [6.45, 7) is 1.86. The molecule has 1 aliphatic heterocycles. The number of nitrogens with zero attached hydrogens (tertiary/aromatic N) is 4. The minimum atomic E-state index is -3.63. The number of amides is 2. The summed E-state index contributed by atoms with van der Waals surface area (Å²) in [7, 11) is -3.63. The van der Waals surface area contributed by atoms with E-state index in [2.05, 4.69) is 15.3 Å². The van der Waals surface area contributed by atoms with Crippen LogP contribution in [-0.2, 0) is 38.0 Å². The topological polar surface area (TPSA) is 162 Å². The number of aromatic nitrogens is 4. The van der Waals surface area contributed by atoms with Crippen LogP contribution in [0.1, 0.15) is 35.6 Å². The van der Waals surface area contributed by atoms with Crippen molar-refractivity contribution in [1.82, 2.24) is 24.5 Å². The van der Waals surface area contributed by atoms with Gasteiger partial charge in [0.25, 0.3) is 0 Å². The first-order valence-corrected chi connectivity index (χ1v) is 16.1. The van der Waals surface area contributed by atoms with Gasteiger partial charge in [0.15, 0.2) is 5.82 Å². The van der Waals surface area contributed by atoms with Crippen molar-refractivity contribution < 1.29 is 22.4 Å². The number of fused-ring (bicyclic) bond motifs is 2. The summed E-state index contributed by atoms with van der Waals surface area (Å²) in [4.78, 5) is 34.6. The van der Waals surface area contributed by atoms with Gasteiger partial charge in [-0.3, -0.25) is 19.0 Å². The third-order valence-electron chi connectivity index (χ3n) is 7.80. The van der Waals surface area contributed by atoms with Crippen molar-refractivity contribution in [2.45, 2.75) is 31.7 Å². The van der Waals surface area contributed by atoms with E-state index < -0.39 is 21.3 Å². The molecule has 0 saturated carbocycles. The third-order valence-corrected chi connectivity index (χ3v) is 8.63. The van der Waals surface area contributed by atoms with Crippen molar-refractivity contribution in [2.75, 3.05) is 17.3 Å². The standard InChI is InChI=1S/C31H27ClFN7O4S/c1-31(19-10-7-17(8-11-19)9-14-24(41)39-45(2,43)44)25-27(34)35-29(36-28(25)37-30(31)42)26-21-13-12-20(32)15-23(21)40(38-26)16-18-5-3-4-6-22(18)33/h3-8,10-13,15H,9,14,16H2,1-2H3,(H,39,41)(H3,34,35,36,37,42). The van der Waals surface area contributed by atoms with Crippen molar-refractivity contribution in [3.05, 3.63) is 99.8 Å². The molecule has 0 fully saturated rings. The van der Waals surface area contributed by atoms with Crippen LogP contribution in [0.3, 0.4) is 0 Å². The molecule has 45 heavy (non-hydrogen) atoms. The zero-order valence-electron chi connectivity index (χ0n) is 24.1. The highest BCUT2D eigenvalue weighted by molar-refractivity contribution is 7.89. The summed E-state index contributed by atoms with van der Waals surface area (Å²) in [5.74, 6) is -0.808. The molecular weight excluding hydrogens is 621 g/mol. The second-order valence-electron chi connectivity index (χ2n) is 11.0. The lowest BCUT2D eigenvalue weighted by Gasteiger charge is -2.23. The maximum Gasteiger partial charge on any atom is 0.240 e. The Kier molecular flexibility index (Phi) is 7.53. The Morgan fingerprint density at radius 3 is 2.56 bits per heavy atom. The maximum absolute atomic E-state index is 14.5. The molecule has 0 saturated heterocycles. The van der Waals surface area contributed by atoms with E-state index in [9.17, 15) is 22.4 Å². The van der Waals surface area contributed by atoms with Gasteiger partial charge < -0.3 is 11.1 Å². The van der Waals surface area contributed by atoms with Gasteiger partial charge in [-0.05, 0) is 48.7 Å². The third kappa shape index (κ3) is 5.71. The predicted octanol–water partition coefficient (Wildman–Crippen LogP) is 4.18. The fraction of sp³-hybridized carbons (Fsp3) is 0.194. The van der Waals surface area contributed by atoms with Crippen LogP contribution < -0.4 is 15.8 Å². The quantitative estimate of drug-likeness (QED) is 0.226. The highest BCUT2D eigenvalue weighted by Gasteiger charge is 2.47. The first-order chi connectivity index (χ1) is 21.3. The van der Waals surface area contributed by atoms with E-state index >= 15 is 0 Å². The van der Waals surface area contributed by atoms with Crippen molar-refractivity contribution in [2.24, 2.45) is 0 Å². The molecule has 11 nitrogen and oxygen atoms in total. The molecule has 5 aromatic rings. The van der Waals surface area contributed by atoms with Gasteiger partial charge in [-0.25, -0.2) is 22.8 Å². The van der Waals surface area contributed by atoms with Crippen molar-refractivity contribution in [1.29, 1.82) is 0 Å². The fourth-order valence-corrected chi connectivity index (χ4v) is 6.21. The largest absolute Gasteiger partial charge is 0.383 e. The van der Waals surface area contributed by atoms with Gasteiger partial charge in [-0.2, -0.15) is 5.10 Å². The van der Waals surface area contributed by atoms with E-state index in [0.29, 0.717) is 44.7 Å². The molecule has 1 atom stereocenters. The molecule has 0 radical (unpaired) electrons. The lowest BCUT2D eigenvalue weighted by atomic mass is 9.77. The van der Waals surface area contributed by atoms with Crippen LogP contribution in [0.2, 0.25) is 5.02 Å². The van der Waals surface area contributed by atoms with Gasteiger partial charge in [-0.15, -0.1) is 0 Å². The minimum Gasteiger partial charge on any atom is -0.383 e. The number of aryl methyl sites for hydroxylation is 1. The number of benzene rings is 3. The zero-order valence-corrected chi connectivity index (χ0v) is 25.7. The molecule has 0 bridgehead atoms. The van der Waals surface area contributed by atoms with Crippen LogP contribution in [0.15, 0.2) is 66.7 Å². The molecular formula is C31H27ClFN7O4S. The number of carbonyl (C=O) groups excluding carboxylic acids is 2. The first-order valence-electron chi connectivity index (χ1n) is 13.8. The van der Waals surface area contributed by atoms with Gasteiger partial charge in [0, 0.05) is 22.4 Å². The summed E-state index contributed by atoms with van der Waals surface area (Å²) < 4.78 is 40.6. The van der Waals surface area contributed by atoms with Gasteiger partial charge in [0.05, 0.1) is 23.9 Å². The highest BCUT2D eigenvalue weighted by Crippen LogP contribution is 2.45. The van der Waals surface area contributed by atoms with Crippen molar-refractivity contribution >= 4 is 56.0 Å². The molecule has 230 valence electrons. The smallest absolute Gasteiger partial charge is 0.240 e. The highest BCUT2D eigenvalue weighted by atomic mass is 35.5. The minimum absolute atomic E-state index is 0.0203. The molecule has 6 rings (SSSR count). The van der Waals surface area contributed by atoms with Gasteiger partial charge in [0.2, 0.25) is 21.8 Å². The molecule has 2 aromatic heterocycles. The number of rotatable bonds is 8. The first kappa shape index (κ1) is 30.2. The fourth-order valence-electron chi connectivity index (χ4n) is 5.53. The van der Waals surface area contributed by atoms with Crippen molar-refractivity contribution in [3.63, 3.8) is 0 Å². The molecule has 1 unspecified atom stereocenters. The molecule has 0 aliphatic carbocycles. The Balaban J connectivity index is 1.33. The van der Waals surface area contributed by atoms with E-state index in [1.165, 1.54) is 6.07 Å². The molecule has 14 heteroatoms. The Bertz CT molecular complexity index is 2120. The van der Waals surface area contributed by atoms with Gasteiger partial charge in [-0.1, -0.05) is 54.1 Å². The number of hydrogen-bond donors (Lipinski definition) is 3. The van der Waals surface area contributed by atoms with Gasteiger partial charge >= 0.3 is 0 Å². The molecule has 3 heterocycles. The maximum atomic E-state index is 14.5. The van der Waals surface area contributed by atoms with Gasteiger partial charge in [0.1, 0.15) is 28.6 Å². The van der Waals surface area contributed by atoms with Crippen LogP contribution in [0.4, 0.5) is 16.0 Å². The number of anilines is 2. The predicted molar refractivity (Wildman–Crippen MR) is 169 cm³/mol. The second-order valence-corrected chi connectivity index (χ2v) is 13.2. The van der Waals surface area contributed by atoms with Crippen LogP contribution in [0.5, 0.6) is 0 Å². The molecule has 4 N–H and O–H groups in total. The lowest BCUT2D eigenvalue weighted by molar-refractivity contribution is -0.120. The molecule has 2 amide bonds. The Labute approximate surface area is 262 Å². The van der Waals surface area contributed by atoms with Crippen LogP contribution in [0, 0.1) is 5.82 Å². The number of sulfonamides is 1. The number of nitrogen functional groups attached to an aromatic ring is 1.